The van der Waals surface area contributed by atoms with E-state index in [4.69, 9.17) is 18.0 Å². The maximum atomic E-state index is 13.8. The van der Waals surface area contributed by atoms with Gasteiger partial charge in [-0.2, -0.15) is 0 Å². The van der Waals surface area contributed by atoms with Gasteiger partial charge in [-0.3, -0.25) is 0 Å². The van der Waals surface area contributed by atoms with Crippen LogP contribution in [-0.2, 0) is 0 Å². The van der Waals surface area contributed by atoms with Crippen LogP contribution >= 0.6 is 12.2 Å². The average molecular weight is 256 g/mol. The van der Waals surface area contributed by atoms with Crippen molar-refractivity contribution >= 4 is 22.9 Å². The summed E-state index contributed by atoms with van der Waals surface area (Å²) in [6.45, 7) is 2.29. The number of halogens is 1. The molecule has 94 valence electrons. The predicted molar refractivity (Wildman–Crippen MR) is 71.9 cm³/mol. The molecule has 0 radical (unpaired) electrons. The molecule has 1 aromatic rings. The lowest BCUT2D eigenvalue weighted by Gasteiger charge is -2.21. The smallest absolute Gasteiger partial charge is 0.147 e. The van der Waals surface area contributed by atoms with Gasteiger partial charge in [-0.25, -0.2) is 4.39 Å². The molecule has 1 rings (SSSR count). The summed E-state index contributed by atoms with van der Waals surface area (Å²) in [5.41, 5.74) is 6.42. The summed E-state index contributed by atoms with van der Waals surface area (Å²) in [7, 11) is 1.78. The van der Waals surface area contributed by atoms with E-state index in [1.807, 2.05) is 0 Å². The van der Waals surface area contributed by atoms with Gasteiger partial charge < -0.3 is 15.7 Å². The van der Waals surface area contributed by atoms with E-state index in [1.165, 1.54) is 6.07 Å². The van der Waals surface area contributed by atoms with Gasteiger partial charge in [0.15, 0.2) is 0 Å². The van der Waals surface area contributed by atoms with Gasteiger partial charge in [0.25, 0.3) is 0 Å². The number of aliphatic hydroxyl groups excluding tert-OH is 1. The monoisotopic (exact) mass is 256 g/mol. The summed E-state index contributed by atoms with van der Waals surface area (Å²) in [5.74, 6) is -0.358. The van der Waals surface area contributed by atoms with Gasteiger partial charge in [0, 0.05) is 19.2 Å². The summed E-state index contributed by atoms with van der Waals surface area (Å²) in [5, 5.41) is 9.18. The van der Waals surface area contributed by atoms with Crippen molar-refractivity contribution in [2.75, 3.05) is 18.5 Å². The van der Waals surface area contributed by atoms with E-state index in [9.17, 15) is 9.50 Å². The molecule has 0 aromatic heterocycles. The molecule has 3 N–H and O–H groups in total. The molecule has 0 aliphatic carbocycles. The summed E-state index contributed by atoms with van der Waals surface area (Å²) < 4.78 is 13.8. The molecule has 1 aromatic carbocycles. The molecular formula is C12H17FN2OS. The third-order valence-corrected chi connectivity index (χ3v) is 2.76. The maximum Gasteiger partial charge on any atom is 0.147 e. The molecule has 0 amide bonds. The number of aliphatic hydroxyl groups is 1. The molecule has 0 fully saturated rings. The molecule has 17 heavy (non-hydrogen) atoms. The minimum atomic E-state index is -0.392. The van der Waals surface area contributed by atoms with Crippen molar-refractivity contribution in [3.63, 3.8) is 0 Å². The highest BCUT2D eigenvalue weighted by molar-refractivity contribution is 7.80. The number of hydrogen-bond acceptors (Lipinski definition) is 3. The molecule has 0 spiro atoms. The molecule has 0 bridgehead atoms. The fourth-order valence-electron chi connectivity index (χ4n) is 1.47. The third kappa shape index (κ3) is 3.94. The van der Waals surface area contributed by atoms with Crippen LogP contribution < -0.4 is 10.6 Å². The SMILES string of the molecule is CC(O)CCN(C)c1ccc(C(N)=S)cc1F. The van der Waals surface area contributed by atoms with Crippen molar-refractivity contribution in [2.45, 2.75) is 19.4 Å². The molecule has 1 atom stereocenters. The van der Waals surface area contributed by atoms with E-state index in [0.29, 0.717) is 24.2 Å². The van der Waals surface area contributed by atoms with Crippen molar-refractivity contribution in [1.82, 2.24) is 0 Å². The maximum absolute atomic E-state index is 13.8. The van der Waals surface area contributed by atoms with E-state index in [0.717, 1.165) is 0 Å². The molecule has 0 aliphatic heterocycles. The molecule has 0 saturated heterocycles. The Morgan fingerprint density at radius 2 is 2.24 bits per heavy atom. The Hall–Kier alpha value is -1.20. The number of anilines is 1. The zero-order chi connectivity index (χ0) is 13.0. The zero-order valence-corrected chi connectivity index (χ0v) is 10.8. The van der Waals surface area contributed by atoms with Crippen molar-refractivity contribution in [1.29, 1.82) is 0 Å². The quantitative estimate of drug-likeness (QED) is 0.787. The third-order valence-electron chi connectivity index (χ3n) is 2.53. The minimum absolute atomic E-state index is 0.182. The van der Waals surface area contributed by atoms with Crippen molar-refractivity contribution in [3.8, 4) is 0 Å². The summed E-state index contributed by atoms with van der Waals surface area (Å²) in [6.07, 6.45) is 0.198. The highest BCUT2D eigenvalue weighted by Crippen LogP contribution is 2.19. The molecule has 5 heteroatoms. The minimum Gasteiger partial charge on any atom is -0.393 e. The molecule has 1 unspecified atom stereocenters. The van der Waals surface area contributed by atoms with Crippen LogP contribution in [0.15, 0.2) is 18.2 Å². The van der Waals surface area contributed by atoms with Gasteiger partial charge in [0.2, 0.25) is 0 Å². The summed E-state index contributed by atoms with van der Waals surface area (Å²) in [6, 6.07) is 4.67. The van der Waals surface area contributed by atoms with Gasteiger partial charge in [-0.15, -0.1) is 0 Å². The fourth-order valence-corrected chi connectivity index (χ4v) is 1.60. The van der Waals surface area contributed by atoms with Crippen LogP contribution in [0.5, 0.6) is 0 Å². The molecule has 3 nitrogen and oxygen atoms in total. The topological polar surface area (TPSA) is 49.5 Å². The first-order valence-corrected chi connectivity index (χ1v) is 5.81. The second-order valence-electron chi connectivity index (χ2n) is 4.09. The van der Waals surface area contributed by atoms with Crippen molar-refractivity contribution in [3.05, 3.63) is 29.6 Å². The van der Waals surface area contributed by atoms with Gasteiger partial charge in [-0.05, 0) is 31.5 Å². The lowest BCUT2D eigenvalue weighted by Crippen LogP contribution is -2.23. The number of nitrogens with zero attached hydrogens (tertiary/aromatic N) is 1. The largest absolute Gasteiger partial charge is 0.393 e. The Kier molecular flexibility index (Phi) is 4.84. The number of hydrogen-bond donors (Lipinski definition) is 2. The standard InChI is InChI=1S/C12H17FN2OS/c1-8(16)5-6-15(2)11-4-3-9(12(14)17)7-10(11)13/h3-4,7-8,16H,5-6H2,1-2H3,(H2,14,17). The van der Waals surface area contributed by atoms with Crippen LogP contribution in [0.25, 0.3) is 0 Å². The lowest BCUT2D eigenvalue weighted by molar-refractivity contribution is 0.187. The number of benzene rings is 1. The Bertz CT molecular complexity index is 409. The predicted octanol–water partition coefficient (Wildman–Crippen LogP) is 1.67. The van der Waals surface area contributed by atoms with Crippen LogP contribution in [0.2, 0.25) is 0 Å². The fraction of sp³-hybridized carbons (Fsp3) is 0.417. The second-order valence-corrected chi connectivity index (χ2v) is 4.53. The first kappa shape index (κ1) is 13.9. The Labute approximate surface area is 106 Å². The van der Waals surface area contributed by atoms with E-state index >= 15 is 0 Å². The summed E-state index contributed by atoms with van der Waals surface area (Å²) in [4.78, 5) is 1.94. The van der Waals surface area contributed by atoms with Gasteiger partial charge >= 0.3 is 0 Å². The van der Waals surface area contributed by atoms with Crippen LogP contribution in [0, 0.1) is 5.82 Å². The first-order chi connectivity index (χ1) is 7.91. The highest BCUT2D eigenvalue weighted by atomic mass is 32.1. The normalized spacial score (nSPS) is 12.2. The number of rotatable bonds is 5. The van der Waals surface area contributed by atoms with Crippen molar-refractivity contribution in [2.24, 2.45) is 5.73 Å². The van der Waals surface area contributed by atoms with Gasteiger partial charge in [-0.1, -0.05) is 12.2 Å². The van der Waals surface area contributed by atoms with Crippen LogP contribution in [-0.4, -0.2) is 29.8 Å². The first-order valence-electron chi connectivity index (χ1n) is 5.40. The van der Waals surface area contributed by atoms with Crippen LogP contribution in [0.3, 0.4) is 0 Å². The Morgan fingerprint density at radius 3 is 2.71 bits per heavy atom. The average Bonchev–Trinajstić information content (AvgIpc) is 2.25. The summed E-state index contributed by atoms with van der Waals surface area (Å²) >= 11 is 4.78. The van der Waals surface area contributed by atoms with Crippen molar-refractivity contribution < 1.29 is 9.50 Å². The number of thiocarbonyl (C=S) groups is 1. The molecule has 0 aliphatic rings. The van der Waals surface area contributed by atoms with E-state index in [1.54, 1.807) is 31.0 Å². The Balaban J connectivity index is 2.81. The van der Waals surface area contributed by atoms with Crippen LogP contribution in [0.4, 0.5) is 10.1 Å². The second kappa shape index (κ2) is 5.93. The highest BCUT2D eigenvalue weighted by Gasteiger charge is 2.10. The van der Waals surface area contributed by atoms with Crippen LogP contribution in [0.1, 0.15) is 18.9 Å². The van der Waals surface area contributed by atoms with E-state index in [2.05, 4.69) is 0 Å². The zero-order valence-electron chi connectivity index (χ0n) is 9.98. The van der Waals surface area contributed by atoms with Gasteiger partial charge in [0.1, 0.15) is 10.8 Å². The molecule has 0 heterocycles. The van der Waals surface area contributed by atoms with E-state index < -0.39 is 6.10 Å². The lowest BCUT2D eigenvalue weighted by atomic mass is 10.1. The molecule has 0 saturated carbocycles. The van der Waals surface area contributed by atoms with Gasteiger partial charge in [0.05, 0.1) is 11.8 Å². The molecular weight excluding hydrogens is 239 g/mol. The van der Waals surface area contributed by atoms with E-state index in [-0.39, 0.29) is 10.8 Å². The number of nitrogens with two attached hydrogens (primary N) is 1. The Morgan fingerprint density at radius 1 is 1.59 bits per heavy atom.